The number of aromatic nitrogens is 1. The van der Waals surface area contributed by atoms with Gasteiger partial charge in [0, 0.05) is 21.8 Å². The standard InChI is InChI=1S/C25H26F2N2O3S/c1-3-4-17-5-9-20(10-6-17)29(33(2,31)32)16-21(30)15-28-24-11-7-18(26)13-22(24)23-14-19(27)8-12-25(23)28/h5-14,21,30H,3-4,15-16H2,1-2H3. The van der Waals surface area contributed by atoms with Gasteiger partial charge in [0.05, 0.1) is 31.1 Å². The molecule has 4 aromatic rings. The van der Waals surface area contributed by atoms with Crippen LogP contribution in [-0.4, -0.2) is 37.0 Å². The monoisotopic (exact) mass is 472 g/mol. The molecule has 8 heteroatoms. The van der Waals surface area contributed by atoms with E-state index in [4.69, 9.17) is 0 Å². The van der Waals surface area contributed by atoms with Crippen molar-refractivity contribution in [3.05, 3.63) is 77.9 Å². The Morgan fingerprint density at radius 1 is 0.939 bits per heavy atom. The minimum absolute atomic E-state index is 0.0528. The lowest BCUT2D eigenvalue weighted by Gasteiger charge is -2.26. The Kier molecular flexibility index (Phi) is 6.41. The summed E-state index contributed by atoms with van der Waals surface area (Å²) in [5.41, 5.74) is 2.85. The van der Waals surface area contributed by atoms with Crippen LogP contribution in [0.4, 0.5) is 14.5 Å². The zero-order valence-corrected chi connectivity index (χ0v) is 19.3. The van der Waals surface area contributed by atoms with Crippen molar-refractivity contribution in [3.8, 4) is 0 Å². The van der Waals surface area contributed by atoms with Gasteiger partial charge in [-0.25, -0.2) is 17.2 Å². The lowest BCUT2D eigenvalue weighted by atomic mass is 10.1. The second-order valence-electron chi connectivity index (χ2n) is 8.30. The van der Waals surface area contributed by atoms with Gasteiger partial charge in [0.15, 0.2) is 0 Å². The molecule has 1 aromatic heterocycles. The minimum atomic E-state index is -3.65. The van der Waals surface area contributed by atoms with Crippen LogP contribution in [0.2, 0.25) is 0 Å². The number of nitrogens with zero attached hydrogens (tertiary/aromatic N) is 2. The van der Waals surface area contributed by atoms with Crippen molar-refractivity contribution in [2.24, 2.45) is 0 Å². The van der Waals surface area contributed by atoms with Gasteiger partial charge < -0.3 is 9.67 Å². The van der Waals surface area contributed by atoms with Crippen molar-refractivity contribution in [2.45, 2.75) is 32.4 Å². The highest BCUT2D eigenvalue weighted by Crippen LogP contribution is 2.31. The third-order valence-corrected chi connectivity index (χ3v) is 6.88. The number of anilines is 1. The van der Waals surface area contributed by atoms with Crippen molar-refractivity contribution < 1.29 is 22.3 Å². The number of aryl methyl sites for hydroxylation is 1. The number of fused-ring (bicyclic) bond motifs is 3. The summed E-state index contributed by atoms with van der Waals surface area (Å²) in [7, 11) is -3.65. The molecule has 0 aliphatic rings. The molecule has 3 aromatic carbocycles. The van der Waals surface area contributed by atoms with Gasteiger partial charge in [-0.2, -0.15) is 0 Å². The summed E-state index contributed by atoms with van der Waals surface area (Å²) in [4.78, 5) is 0. The normalized spacial score (nSPS) is 13.0. The Morgan fingerprint density at radius 3 is 1.97 bits per heavy atom. The van der Waals surface area contributed by atoms with E-state index in [1.807, 2.05) is 12.1 Å². The van der Waals surface area contributed by atoms with Crippen molar-refractivity contribution in [3.63, 3.8) is 0 Å². The molecule has 0 spiro atoms. The zero-order chi connectivity index (χ0) is 23.8. The van der Waals surface area contributed by atoms with E-state index in [1.54, 1.807) is 28.8 Å². The second kappa shape index (κ2) is 9.11. The van der Waals surface area contributed by atoms with Crippen LogP contribution in [0.5, 0.6) is 0 Å². The van der Waals surface area contributed by atoms with Gasteiger partial charge in [0.25, 0.3) is 0 Å². The van der Waals surface area contributed by atoms with Crippen LogP contribution in [0.25, 0.3) is 21.8 Å². The summed E-state index contributed by atoms with van der Waals surface area (Å²) in [6.45, 7) is 1.97. The van der Waals surface area contributed by atoms with Crippen molar-refractivity contribution >= 4 is 37.5 Å². The van der Waals surface area contributed by atoms with Crippen molar-refractivity contribution in [1.29, 1.82) is 0 Å². The van der Waals surface area contributed by atoms with Gasteiger partial charge in [0.1, 0.15) is 11.6 Å². The predicted molar refractivity (Wildman–Crippen MR) is 128 cm³/mol. The molecule has 0 amide bonds. The van der Waals surface area contributed by atoms with Crippen LogP contribution in [0.15, 0.2) is 60.7 Å². The van der Waals surface area contributed by atoms with Gasteiger partial charge in [-0.05, 0) is 60.5 Å². The summed E-state index contributed by atoms with van der Waals surface area (Å²) in [6, 6.07) is 15.7. The third-order valence-electron chi connectivity index (χ3n) is 5.72. The number of rotatable bonds is 8. The van der Waals surface area contributed by atoms with Crippen LogP contribution in [-0.2, 0) is 23.0 Å². The fourth-order valence-electron chi connectivity index (χ4n) is 4.25. The first-order chi connectivity index (χ1) is 15.7. The highest BCUT2D eigenvalue weighted by Gasteiger charge is 2.23. The minimum Gasteiger partial charge on any atom is -0.389 e. The van der Waals surface area contributed by atoms with Crippen LogP contribution in [0.3, 0.4) is 0 Å². The molecular formula is C25H26F2N2O3S. The number of benzene rings is 3. The Balaban J connectivity index is 1.67. The number of hydrogen-bond acceptors (Lipinski definition) is 3. The molecule has 0 saturated carbocycles. The third kappa shape index (κ3) is 4.86. The van der Waals surface area contributed by atoms with E-state index < -0.39 is 27.8 Å². The molecule has 0 fully saturated rings. The van der Waals surface area contributed by atoms with Crippen LogP contribution >= 0.6 is 0 Å². The molecule has 0 bridgehead atoms. The number of hydrogen-bond donors (Lipinski definition) is 1. The maximum absolute atomic E-state index is 13.9. The van der Waals surface area contributed by atoms with E-state index in [0.29, 0.717) is 27.5 Å². The molecule has 5 nitrogen and oxygen atoms in total. The molecule has 33 heavy (non-hydrogen) atoms. The maximum Gasteiger partial charge on any atom is 0.232 e. The molecule has 1 heterocycles. The Hall–Kier alpha value is -2.97. The summed E-state index contributed by atoms with van der Waals surface area (Å²) in [5.74, 6) is -0.887. The number of aliphatic hydroxyl groups excluding tert-OH is 1. The largest absolute Gasteiger partial charge is 0.389 e. The summed E-state index contributed by atoms with van der Waals surface area (Å²) < 4.78 is 55.7. The van der Waals surface area contributed by atoms with Gasteiger partial charge in [-0.15, -0.1) is 0 Å². The average molecular weight is 473 g/mol. The smallest absolute Gasteiger partial charge is 0.232 e. The molecule has 1 N–H and O–H groups in total. The van der Waals surface area contributed by atoms with E-state index in [-0.39, 0.29) is 13.1 Å². The first-order valence-corrected chi connectivity index (χ1v) is 12.6. The number of halogens is 2. The Morgan fingerprint density at radius 2 is 1.48 bits per heavy atom. The molecule has 0 saturated heterocycles. The van der Waals surface area contributed by atoms with Gasteiger partial charge in [-0.1, -0.05) is 25.5 Å². The first kappa shape index (κ1) is 23.2. The fraction of sp³-hybridized carbons (Fsp3) is 0.280. The van der Waals surface area contributed by atoms with Gasteiger partial charge >= 0.3 is 0 Å². The molecule has 0 radical (unpaired) electrons. The number of sulfonamides is 1. The predicted octanol–water partition coefficient (Wildman–Crippen LogP) is 4.85. The molecule has 1 unspecified atom stereocenters. The van der Waals surface area contributed by atoms with Crippen molar-refractivity contribution in [2.75, 3.05) is 17.1 Å². The highest BCUT2D eigenvalue weighted by atomic mass is 32.2. The van der Waals surface area contributed by atoms with E-state index in [1.165, 1.54) is 28.6 Å². The summed E-state index contributed by atoms with van der Waals surface area (Å²) in [5, 5.41) is 12.0. The van der Waals surface area contributed by atoms with Gasteiger partial charge in [0.2, 0.25) is 10.0 Å². The summed E-state index contributed by atoms with van der Waals surface area (Å²) >= 11 is 0. The maximum atomic E-state index is 13.9. The van der Waals surface area contributed by atoms with E-state index in [2.05, 4.69) is 6.92 Å². The molecule has 4 rings (SSSR count). The average Bonchev–Trinajstić information content (AvgIpc) is 3.04. The Bertz CT molecular complexity index is 1340. The first-order valence-electron chi connectivity index (χ1n) is 10.8. The van der Waals surface area contributed by atoms with Crippen molar-refractivity contribution in [1.82, 2.24) is 4.57 Å². The lowest BCUT2D eigenvalue weighted by molar-refractivity contribution is 0.166. The number of aliphatic hydroxyl groups is 1. The Labute approximate surface area is 191 Å². The van der Waals surface area contributed by atoms with Crippen LogP contribution < -0.4 is 4.31 Å². The SMILES string of the molecule is CCCc1ccc(N(CC(O)Cn2c3ccc(F)cc3c3cc(F)ccc32)S(C)(=O)=O)cc1. The zero-order valence-electron chi connectivity index (χ0n) is 18.5. The molecular weight excluding hydrogens is 446 g/mol. The molecule has 0 aliphatic heterocycles. The van der Waals surface area contributed by atoms with E-state index >= 15 is 0 Å². The van der Waals surface area contributed by atoms with Gasteiger partial charge in [-0.3, -0.25) is 4.31 Å². The highest BCUT2D eigenvalue weighted by molar-refractivity contribution is 7.92. The second-order valence-corrected chi connectivity index (χ2v) is 10.2. The van der Waals surface area contributed by atoms with E-state index in [0.717, 1.165) is 24.7 Å². The van der Waals surface area contributed by atoms with E-state index in [9.17, 15) is 22.3 Å². The summed E-state index contributed by atoms with van der Waals surface area (Å²) in [6.07, 6.45) is 1.92. The van der Waals surface area contributed by atoms with Crippen LogP contribution in [0.1, 0.15) is 18.9 Å². The topological polar surface area (TPSA) is 62.5 Å². The van der Waals surface area contributed by atoms with Crippen LogP contribution in [0, 0.1) is 11.6 Å². The fourth-order valence-corrected chi connectivity index (χ4v) is 5.20. The lowest BCUT2D eigenvalue weighted by Crippen LogP contribution is -2.38. The molecule has 1 atom stereocenters. The molecule has 0 aliphatic carbocycles. The molecule has 174 valence electrons. The quantitative estimate of drug-likeness (QED) is 0.399.